The van der Waals surface area contributed by atoms with Crippen LogP contribution >= 0.6 is 0 Å². The maximum absolute atomic E-state index is 11.1. The zero-order valence-corrected chi connectivity index (χ0v) is 7.13. The molecule has 3 heteroatoms. The molecule has 3 nitrogen and oxygen atoms in total. The molecule has 1 aliphatic carbocycles. The summed E-state index contributed by atoms with van der Waals surface area (Å²) in [5.41, 5.74) is -0.839. The van der Waals surface area contributed by atoms with Crippen LogP contribution in [0, 0.1) is 5.41 Å². The molecular weight excluding hydrogens is 156 g/mol. The molecule has 0 aromatic heterocycles. The monoisotopic (exact) mass is 168 g/mol. The number of hydrogen-bond acceptors (Lipinski definition) is 3. The third kappa shape index (κ3) is 1.44. The van der Waals surface area contributed by atoms with Gasteiger partial charge in [0.25, 0.3) is 0 Å². The molecule has 0 atom stereocenters. The lowest BCUT2D eigenvalue weighted by Gasteiger charge is -2.28. The first-order valence-corrected chi connectivity index (χ1v) is 4.10. The van der Waals surface area contributed by atoms with Gasteiger partial charge in [-0.1, -0.05) is 0 Å². The lowest BCUT2D eigenvalue weighted by Crippen LogP contribution is -2.35. The van der Waals surface area contributed by atoms with Gasteiger partial charge in [-0.2, -0.15) is 0 Å². The zero-order chi connectivity index (χ0) is 9.19. The molecule has 0 unspecified atom stereocenters. The highest BCUT2D eigenvalue weighted by atomic mass is 16.1. The maximum atomic E-state index is 11.1. The Morgan fingerprint density at radius 1 is 1.42 bits per heavy atom. The fraction of sp³-hybridized carbons (Fsp3) is 0.667. The van der Waals surface area contributed by atoms with E-state index >= 15 is 0 Å². The Labute approximate surface area is 71.1 Å². The third-order valence-corrected chi connectivity index (χ3v) is 2.63. The first kappa shape index (κ1) is 9.10. The minimum absolute atomic E-state index is 0.106. The van der Waals surface area contributed by atoms with Crippen molar-refractivity contribution < 1.29 is 14.4 Å². The van der Waals surface area contributed by atoms with Crippen LogP contribution in [0.2, 0.25) is 0 Å². The maximum Gasteiger partial charge on any atom is 0.143 e. The summed E-state index contributed by atoms with van der Waals surface area (Å²) in [5, 5.41) is 0. The summed E-state index contributed by atoms with van der Waals surface area (Å²) >= 11 is 0. The van der Waals surface area contributed by atoms with Gasteiger partial charge in [0.2, 0.25) is 0 Å². The molecule has 0 bridgehead atoms. The number of aldehydes is 1. The largest absolute Gasteiger partial charge is 0.302 e. The second-order valence-corrected chi connectivity index (χ2v) is 3.37. The molecule has 12 heavy (non-hydrogen) atoms. The van der Waals surface area contributed by atoms with Gasteiger partial charge in [0.1, 0.15) is 17.9 Å². The first-order valence-electron chi connectivity index (χ1n) is 4.10. The van der Waals surface area contributed by atoms with Gasteiger partial charge in [0.05, 0.1) is 5.41 Å². The summed E-state index contributed by atoms with van der Waals surface area (Å²) in [6.45, 7) is 1.42. The molecule has 0 aliphatic heterocycles. The van der Waals surface area contributed by atoms with Crippen LogP contribution in [0.25, 0.3) is 0 Å². The first-order chi connectivity index (χ1) is 5.60. The number of ketones is 2. The summed E-state index contributed by atoms with van der Waals surface area (Å²) in [6, 6.07) is 0. The van der Waals surface area contributed by atoms with E-state index in [0.717, 1.165) is 0 Å². The van der Waals surface area contributed by atoms with Crippen LogP contribution in [0.1, 0.15) is 32.6 Å². The molecule has 1 rings (SSSR count). The van der Waals surface area contributed by atoms with E-state index in [-0.39, 0.29) is 11.6 Å². The van der Waals surface area contributed by atoms with Crippen molar-refractivity contribution in [3.05, 3.63) is 0 Å². The van der Waals surface area contributed by atoms with Crippen molar-refractivity contribution in [2.45, 2.75) is 32.6 Å². The minimum atomic E-state index is -0.839. The van der Waals surface area contributed by atoms with E-state index in [1.54, 1.807) is 0 Å². The quantitative estimate of drug-likeness (QED) is 0.454. The van der Waals surface area contributed by atoms with Crippen LogP contribution in [-0.4, -0.2) is 17.9 Å². The van der Waals surface area contributed by atoms with Crippen molar-refractivity contribution in [3.8, 4) is 0 Å². The van der Waals surface area contributed by atoms with Crippen molar-refractivity contribution in [1.29, 1.82) is 0 Å². The molecule has 1 saturated carbocycles. The SMILES string of the molecule is CC(=O)C1(C=O)CCC(=O)CC1. The third-order valence-electron chi connectivity index (χ3n) is 2.63. The van der Waals surface area contributed by atoms with E-state index in [4.69, 9.17) is 0 Å². The Balaban J connectivity index is 2.76. The molecule has 0 aromatic rings. The van der Waals surface area contributed by atoms with E-state index in [1.165, 1.54) is 6.92 Å². The highest BCUT2D eigenvalue weighted by molar-refractivity contribution is 5.98. The van der Waals surface area contributed by atoms with Gasteiger partial charge in [-0.05, 0) is 19.8 Å². The van der Waals surface area contributed by atoms with Gasteiger partial charge in [-0.25, -0.2) is 0 Å². The van der Waals surface area contributed by atoms with E-state index in [0.29, 0.717) is 32.0 Å². The van der Waals surface area contributed by atoms with Crippen molar-refractivity contribution in [2.75, 3.05) is 0 Å². The van der Waals surface area contributed by atoms with Crippen LogP contribution in [0.3, 0.4) is 0 Å². The van der Waals surface area contributed by atoms with E-state index in [2.05, 4.69) is 0 Å². The predicted octanol–water partition coefficient (Wildman–Crippen LogP) is 0.904. The molecule has 0 saturated heterocycles. The van der Waals surface area contributed by atoms with Gasteiger partial charge in [-0.3, -0.25) is 9.59 Å². The summed E-state index contributed by atoms with van der Waals surface area (Å²) in [6.07, 6.45) is 2.27. The minimum Gasteiger partial charge on any atom is -0.302 e. The van der Waals surface area contributed by atoms with E-state index in [1.807, 2.05) is 0 Å². The number of Topliss-reactive ketones (excluding diaryl/α,β-unsaturated/α-hetero) is 2. The molecule has 0 heterocycles. The van der Waals surface area contributed by atoms with Crippen molar-refractivity contribution in [1.82, 2.24) is 0 Å². The molecule has 0 N–H and O–H groups in total. The number of rotatable bonds is 2. The van der Waals surface area contributed by atoms with Crippen LogP contribution in [0.15, 0.2) is 0 Å². The van der Waals surface area contributed by atoms with Crippen LogP contribution in [0.4, 0.5) is 0 Å². The summed E-state index contributed by atoms with van der Waals surface area (Å²) < 4.78 is 0. The Kier molecular flexibility index (Phi) is 2.40. The van der Waals surface area contributed by atoms with Crippen LogP contribution < -0.4 is 0 Å². The normalized spacial score (nSPS) is 21.9. The van der Waals surface area contributed by atoms with Gasteiger partial charge in [0.15, 0.2) is 0 Å². The second kappa shape index (κ2) is 3.17. The lowest BCUT2D eigenvalue weighted by atomic mass is 9.72. The predicted molar refractivity (Wildman–Crippen MR) is 42.7 cm³/mol. The molecule has 0 amide bonds. The molecule has 66 valence electrons. The molecular formula is C9H12O3. The molecule has 0 aromatic carbocycles. The topological polar surface area (TPSA) is 51.2 Å². The van der Waals surface area contributed by atoms with Gasteiger partial charge >= 0.3 is 0 Å². The van der Waals surface area contributed by atoms with Gasteiger partial charge in [0, 0.05) is 12.8 Å². The Hall–Kier alpha value is -0.990. The van der Waals surface area contributed by atoms with Crippen molar-refractivity contribution in [2.24, 2.45) is 5.41 Å². The highest BCUT2D eigenvalue weighted by Crippen LogP contribution is 2.33. The zero-order valence-electron chi connectivity index (χ0n) is 7.13. The fourth-order valence-electron chi connectivity index (χ4n) is 1.53. The molecule has 0 radical (unpaired) electrons. The van der Waals surface area contributed by atoms with Crippen LogP contribution in [-0.2, 0) is 14.4 Å². The number of carbonyl (C=O) groups excluding carboxylic acids is 3. The average Bonchev–Trinajstić information content (AvgIpc) is 2.06. The van der Waals surface area contributed by atoms with Crippen molar-refractivity contribution in [3.63, 3.8) is 0 Å². The van der Waals surface area contributed by atoms with E-state index in [9.17, 15) is 14.4 Å². The Morgan fingerprint density at radius 3 is 2.25 bits per heavy atom. The summed E-state index contributed by atoms with van der Waals surface area (Å²) in [5.74, 6) is 0.0544. The van der Waals surface area contributed by atoms with Crippen molar-refractivity contribution >= 4 is 17.9 Å². The highest BCUT2D eigenvalue weighted by Gasteiger charge is 2.38. The summed E-state index contributed by atoms with van der Waals surface area (Å²) in [4.78, 5) is 32.7. The Morgan fingerprint density at radius 2 is 1.92 bits per heavy atom. The molecule has 1 aliphatic rings. The molecule has 1 fully saturated rings. The smallest absolute Gasteiger partial charge is 0.143 e. The van der Waals surface area contributed by atoms with Gasteiger partial charge in [-0.15, -0.1) is 0 Å². The second-order valence-electron chi connectivity index (χ2n) is 3.37. The number of carbonyl (C=O) groups is 3. The lowest BCUT2D eigenvalue weighted by molar-refractivity contribution is -0.137. The summed E-state index contributed by atoms with van der Waals surface area (Å²) in [7, 11) is 0. The number of hydrogen-bond donors (Lipinski definition) is 0. The standard InChI is InChI=1S/C9H12O3/c1-7(11)9(6-10)4-2-8(12)3-5-9/h6H,2-5H2,1H3. The Bertz CT molecular complexity index is 220. The van der Waals surface area contributed by atoms with Gasteiger partial charge < -0.3 is 4.79 Å². The van der Waals surface area contributed by atoms with E-state index < -0.39 is 5.41 Å². The fourth-order valence-corrected chi connectivity index (χ4v) is 1.53. The van der Waals surface area contributed by atoms with Crippen LogP contribution in [0.5, 0.6) is 0 Å². The average molecular weight is 168 g/mol. The molecule has 0 spiro atoms.